The van der Waals surface area contributed by atoms with Gasteiger partial charge in [-0.05, 0) is 6.54 Å². The van der Waals surface area contributed by atoms with Crippen molar-refractivity contribution >= 4 is 22.1 Å². The maximum absolute atomic E-state index is 8.54. The number of aromatic nitrogens is 2. The summed E-state index contributed by atoms with van der Waals surface area (Å²) < 4.78 is 2.00. The zero-order chi connectivity index (χ0) is 12.3. The fourth-order valence-corrected chi connectivity index (χ4v) is 2.34. The van der Waals surface area contributed by atoms with Crippen LogP contribution in [0.5, 0.6) is 0 Å². The number of nitrogens with two attached hydrogens (primary N) is 1. The van der Waals surface area contributed by atoms with Crippen LogP contribution in [0.2, 0.25) is 0 Å². The predicted molar refractivity (Wildman–Crippen MR) is 67.4 cm³/mol. The molecule has 0 aliphatic rings. The van der Waals surface area contributed by atoms with Crippen LogP contribution < -0.4 is 5.73 Å². The smallest absolute Gasteiger partial charge is 0.193 e. The second kappa shape index (κ2) is 5.15. The summed E-state index contributed by atoms with van der Waals surface area (Å²) in [6, 6.07) is 0. The molecule has 0 unspecified atom stereocenters. The first kappa shape index (κ1) is 11.9. The summed E-state index contributed by atoms with van der Waals surface area (Å²) in [7, 11) is 0. The van der Waals surface area contributed by atoms with Crippen molar-refractivity contribution in [1.29, 1.82) is 0 Å². The van der Waals surface area contributed by atoms with Gasteiger partial charge in [-0.2, -0.15) is 0 Å². The number of rotatable bonds is 5. The summed E-state index contributed by atoms with van der Waals surface area (Å²) in [6.07, 6.45) is 3.98. The Morgan fingerprint density at radius 1 is 1.71 bits per heavy atom. The molecule has 0 saturated carbocycles. The lowest BCUT2D eigenvalue weighted by Gasteiger charge is -2.17. The second-order valence-corrected chi connectivity index (χ2v) is 4.59. The second-order valence-electron chi connectivity index (χ2n) is 3.72. The lowest BCUT2D eigenvalue weighted by atomic mass is 10.4. The first-order chi connectivity index (χ1) is 8.22. The monoisotopic (exact) mass is 253 g/mol. The van der Waals surface area contributed by atoms with Crippen molar-refractivity contribution in [1.82, 2.24) is 14.3 Å². The molecule has 17 heavy (non-hydrogen) atoms. The summed E-state index contributed by atoms with van der Waals surface area (Å²) >= 11 is 1.61. The van der Waals surface area contributed by atoms with Gasteiger partial charge < -0.3 is 10.9 Å². The van der Waals surface area contributed by atoms with E-state index in [9.17, 15) is 0 Å². The standard InChI is InChI=1S/C10H15N5OS/c1-2-14(7-9(11)13-16)5-8-6-15-3-4-17-10(15)12-8/h3-4,6,16H,2,5,7H2,1H3,(H2,11,13). The highest BCUT2D eigenvalue weighted by molar-refractivity contribution is 7.15. The van der Waals surface area contributed by atoms with E-state index in [2.05, 4.69) is 15.0 Å². The van der Waals surface area contributed by atoms with Crippen molar-refractivity contribution in [2.75, 3.05) is 13.1 Å². The summed E-state index contributed by atoms with van der Waals surface area (Å²) in [5, 5.41) is 13.5. The topological polar surface area (TPSA) is 79.1 Å². The van der Waals surface area contributed by atoms with Crippen LogP contribution in [0.25, 0.3) is 4.96 Å². The molecule has 2 aromatic rings. The largest absolute Gasteiger partial charge is 0.409 e. The van der Waals surface area contributed by atoms with Gasteiger partial charge in [0.25, 0.3) is 0 Å². The highest BCUT2D eigenvalue weighted by Crippen LogP contribution is 2.12. The number of nitrogens with zero attached hydrogens (tertiary/aromatic N) is 4. The predicted octanol–water partition coefficient (Wildman–Crippen LogP) is 0.964. The van der Waals surface area contributed by atoms with Crippen LogP contribution >= 0.6 is 11.3 Å². The van der Waals surface area contributed by atoms with E-state index >= 15 is 0 Å². The number of oxime groups is 1. The first-order valence-electron chi connectivity index (χ1n) is 5.32. The Bertz CT molecular complexity index is 489. The highest BCUT2D eigenvalue weighted by Gasteiger charge is 2.09. The SMILES string of the molecule is CCN(C/C(N)=N/O)Cc1cn2ccsc2n1. The van der Waals surface area contributed by atoms with E-state index in [0.29, 0.717) is 13.1 Å². The Kier molecular flexibility index (Phi) is 3.60. The third kappa shape index (κ3) is 2.75. The Hall–Kier alpha value is -1.60. The molecule has 7 heteroatoms. The van der Waals surface area contributed by atoms with E-state index in [1.807, 2.05) is 29.1 Å². The summed E-state index contributed by atoms with van der Waals surface area (Å²) in [6.45, 7) is 3.99. The van der Waals surface area contributed by atoms with Gasteiger partial charge in [0, 0.05) is 24.3 Å². The molecule has 0 atom stereocenters. The third-order valence-corrected chi connectivity index (χ3v) is 3.26. The lowest BCUT2D eigenvalue weighted by molar-refractivity contribution is 0.293. The van der Waals surface area contributed by atoms with Crippen LogP contribution in [0.15, 0.2) is 22.9 Å². The first-order valence-corrected chi connectivity index (χ1v) is 6.20. The lowest BCUT2D eigenvalue weighted by Crippen LogP contribution is -2.33. The van der Waals surface area contributed by atoms with Gasteiger partial charge in [-0.15, -0.1) is 11.3 Å². The molecule has 0 saturated heterocycles. The van der Waals surface area contributed by atoms with Crippen molar-refractivity contribution in [3.8, 4) is 0 Å². The number of amidine groups is 1. The van der Waals surface area contributed by atoms with Gasteiger partial charge in [0.2, 0.25) is 0 Å². The van der Waals surface area contributed by atoms with Crippen LogP contribution in [-0.2, 0) is 6.54 Å². The number of likely N-dealkylation sites (N-methyl/N-ethyl adjacent to an activating group) is 1. The van der Waals surface area contributed by atoms with E-state index in [1.54, 1.807) is 11.3 Å². The fourth-order valence-electron chi connectivity index (χ4n) is 1.62. The molecule has 3 N–H and O–H groups in total. The molecular weight excluding hydrogens is 238 g/mol. The molecule has 0 radical (unpaired) electrons. The van der Waals surface area contributed by atoms with E-state index in [1.165, 1.54) is 0 Å². The zero-order valence-electron chi connectivity index (χ0n) is 9.58. The van der Waals surface area contributed by atoms with Gasteiger partial charge in [0.1, 0.15) is 0 Å². The van der Waals surface area contributed by atoms with Crippen molar-refractivity contribution in [2.24, 2.45) is 10.9 Å². The molecule has 92 valence electrons. The molecule has 0 fully saturated rings. The minimum atomic E-state index is 0.216. The Morgan fingerprint density at radius 2 is 2.53 bits per heavy atom. The van der Waals surface area contributed by atoms with Crippen molar-refractivity contribution < 1.29 is 5.21 Å². The van der Waals surface area contributed by atoms with Gasteiger partial charge in [-0.25, -0.2) is 4.98 Å². The fraction of sp³-hybridized carbons (Fsp3) is 0.400. The molecule has 2 rings (SSSR count). The number of hydrogen-bond donors (Lipinski definition) is 2. The number of fused-ring (bicyclic) bond motifs is 1. The Morgan fingerprint density at radius 3 is 3.18 bits per heavy atom. The number of imidazole rings is 1. The minimum absolute atomic E-state index is 0.216. The van der Waals surface area contributed by atoms with Gasteiger partial charge in [0.05, 0.1) is 12.2 Å². The molecule has 0 aromatic carbocycles. The molecule has 0 bridgehead atoms. The molecule has 0 spiro atoms. The highest BCUT2D eigenvalue weighted by atomic mass is 32.1. The van der Waals surface area contributed by atoms with Crippen molar-refractivity contribution in [2.45, 2.75) is 13.5 Å². The van der Waals surface area contributed by atoms with Crippen LogP contribution in [0, 0.1) is 0 Å². The van der Waals surface area contributed by atoms with Gasteiger partial charge in [-0.3, -0.25) is 9.30 Å². The average Bonchev–Trinajstić information content (AvgIpc) is 2.88. The molecular formula is C10H15N5OS. The number of hydrogen-bond acceptors (Lipinski definition) is 5. The summed E-state index contributed by atoms with van der Waals surface area (Å²) in [4.78, 5) is 7.53. The van der Waals surface area contributed by atoms with Crippen LogP contribution in [-0.4, -0.2) is 38.4 Å². The van der Waals surface area contributed by atoms with Gasteiger partial charge in [0.15, 0.2) is 10.8 Å². The molecule has 6 nitrogen and oxygen atoms in total. The zero-order valence-corrected chi connectivity index (χ0v) is 10.4. The van der Waals surface area contributed by atoms with Gasteiger partial charge >= 0.3 is 0 Å². The van der Waals surface area contributed by atoms with E-state index in [0.717, 1.165) is 17.2 Å². The van der Waals surface area contributed by atoms with Crippen LogP contribution in [0.4, 0.5) is 0 Å². The van der Waals surface area contributed by atoms with Gasteiger partial charge in [-0.1, -0.05) is 12.1 Å². The minimum Gasteiger partial charge on any atom is -0.409 e. The summed E-state index contributed by atoms with van der Waals surface area (Å²) in [5.41, 5.74) is 6.48. The van der Waals surface area contributed by atoms with Crippen molar-refractivity contribution in [3.05, 3.63) is 23.5 Å². The average molecular weight is 253 g/mol. The maximum atomic E-state index is 8.54. The quantitative estimate of drug-likeness (QED) is 0.360. The van der Waals surface area contributed by atoms with E-state index in [4.69, 9.17) is 10.9 Å². The van der Waals surface area contributed by atoms with E-state index < -0.39 is 0 Å². The molecule has 0 amide bonds. The number of thiazole rings is 1. The third-order valence-electron chi connectivity index (χ3n) is 2.49. The Labute approximate surface area is 103 Å². The molecule has 0 aliphatic carbocycles. The maximum Gasteiger partial charge on any atom is 0.193 e. The molecule has 0 aliphatic heterocycles. The molecule has 2 aromatic heterocycles. The summed E-state index contributed by atoms with van der Waals surface area (Å²) in [5.74, 6) is 0.216. The van der Waals surface area contributed by atoms with Crippen molar-refractivity contribution in [3.63, 3.8) is 0 Å². The molecule has 2 heterocycles. The van der Waals surface area contributed by atoms with Crippen LogP contribution in [0.1, 0.15) is 12.6 Å². The Balaban J connectivity index is 2.05. The van der Waals surface area contributed by atoms with Crippen LogP contribution in [0.3, 0.4) is 0 Å². The van der Waals surface area contributed by atoms with E-state index in [-0.39, 0.29) is 5.84 Å². The normalized spacial score (nSPS) is 12.7.